The highest BCUT2D eigenvalue weighted by molar-refractivity contribution is 5.85. The maximum atomic E-state index is 13.7. The standard InChI is InChI=1S/C16H20F2N2O.ClH/c17-9-1-6-15(18)13(7-9)12-8-14(12)16(21)20-11-4-2-10(19)3-5-11;/h1,6-7,10-12,14H,2-5,8,19H2,(H,20,21);1H. The van der Waals surface area contributed by atoms with E-state index < -0.39 is 11.6 Å². The molecule has 1 aromatic rings. The second-order valence-corrected chi connectivity index (χ2v) is 6.23. The van der Waals surface area contributed by atoms with E-state index in [9.17, 15) is 13.6 Å². The molecule has 0 spiro atoms. The summed E-state index contributed by atoms with van der Waals surface area (Å²) in [5.41, 5.74) is 6.16. The molecular weight excluding hydrogens is 310 g/mol. The van der Waals surface area contributed by atoms with Gasteiger partial charge in [-0.1, -0.05) is 0 Å². The molecule has 2 unspecified atom stereocenters. The van der Waals surface area contributed by atoms with Crippen molar-refractivity contribution in [3.63, 3.8) is 0 Å². The first-order chi connectivity index (χ1) is 10.0. The van der Waals surface area contributed by atoms with E-state index in [1.165, 1.54) is 6.07 Å². The van der Waals surface area contributed by atoms with E-state index in [4.69, 9.17) is 5.73 Å². The molecular formula is C16H21ClF2N2O. The number of halogens is 3. The lowest BCUT2D eigenvalue weighted by Crippen LogP contribution is -2.41. The van der Waals surface area contributed by atoms with Gasteiger partial charge in [-0.15, -0.1) is 12.4 Å². The van der Waals surface area contributed by atoms with Crippen molar-refractivity contribution in [2.45, 2.75) is 50.1 Å². The molecule has 122 valence electrons. The van der Waals surface area contributed by atoms with Crippen LogP contribution in [-0.2, 0) is 4.79 Å². The lowest BCUT2D eigenvalue weighted by Gasteiger charge is -2.26. The van der Waals surface area contributed by atoms with Gasteiger partial charge in [0.15, 0.2) is 0 Å². The minimum absolute atomic E-state index is 0. The zero-order valence-corrected chi connectivity index (χ0v) is 13.0. The molecule has 1 aromatic carbocycles. The van der Waals surface area contributed by atoms with Gasteiger partial charge in [0, 0.05) is 18.0 Å². The summed E-state index contributed by atoms with van der Waals surface area (Å²) >= 11 is 0. The van der Waals surface area contributed by atoms with Crippen LogP contribution in [0.5, 0.6) is 0 Å². The highest BCUT2D eigenvalue weighted by atomic mass is 35.5. The number of nitrogens with one attached hydrogen (secondary N) is 1. The lowest BCUT2D eigenvalue weighted by molar-refractivity contribution is -0.123. The Labute approximate surface area is 135 Å². The van der Waals surface area contributed by atoms with E-state index in [0.717, 1.165) is 37.8 Å². The summed E-state index contributed by atoms with van der Waals surface area (Å²) in [6.07, 6.45) is 4.25. The second kappa shape index (κ2) is 6.92. The Morgan fingerprint density at radius 2 is 1.86 bits per heavy atom. The number of carbonyl (C=O) groups is 1. The van der Waals surface area contributed by atoms with Crippen molar-refractivity contribution in [1.29, 1.82) is 0 Å². The second-order valence-electron chi connectivity index (χ2n) is 6.23. The maximum Gasteiger partial charge on any atom is 0.223 e. The quantitative estimate of drug-likeness (QED) is 0.895. The highest BCUT2D eigenvalue weighted by Crippen LogP contribution is 2.48. The smallest absolute Gasteiger partial charge is 0.223 e. The first kappa shape index (κ1) is 17.2. The van der Waals surface area contributed by atoms with Gasteiger partial charge in [0.2, 0.25) is 5.91 Å². The third kappa shape index (κ3) is 3.76. The number of rotatable bonds is 3. The van der Waals surface area contributed by atoms with Crippen LogP contribution in [0.3, 0.4) is 0 Å². The van der Waals surface area contributed by atoms with E-state index in [1.807, 2.05) is 0 Å². The molecule has 0 aliphatic heterocycles. The molecule has 0 bridgehead atoms. The Hall–Kier alpha value is -1.20. The SMILES string of the molecule is Cl.NC1CCC(NC(=O)C2CC2c2cc(F)ccc2F)CC1. The normalized spacial score (nSPS) is 30.3. The number of hydrogen-bond acceptors (Lipinski definition) is 2. The topological polar surface area (TPSA) is 55.1 Å². The Bertz CT molecular complexity index is 547. The molecule has 3 N–H and O–H groups in total. The molecule has 0 heterocycles. The molecule has 2 saturated carbocycles. The number of hydrogen-bond donors (Lipinski definition) is 2. The van der Waals surface area contributed by atoms with Gasteiger partial charge in [-0.05, 0) is 61.8 Å². The molecule has 1 amide bonds. The lowest BCUT2D eigenvalue weighted by atomic mass is 9.91. The fourth-order valence-electron chi connectivity index (χ4n) is 3.20. The van der Waals surface area contributed by atoms with Crippen LogP contribution >= 0.6 is 12.4 Å². The first-order valence-electron chi connectivity index (χ1n) is 7.55. The fourth-order valence-corrected chi connectivity index (χ4v) is 3.20. The average molecular weight is 331 g/mol. The van der Waals surface area contributed by atoms with E-state index in [1.54, 1.807) is 0 Å². The molecule has 2 atom stereocenters. The summed E-state index contributed by atoms with van der Waals surface area (Å²) < 4.78 is 26.9. The Morgan fingerprint density at radius 1 is 1.18 bits per heavy atom. The summed E-state index contributed by atoms with van der Waals surface area (Å²) in [4.78, 5) is 12.2. The van der Waals surface area contributed by atoms with Crippen molar-refractivity contribution in [3.8, 4) is 0 Å². The van der Waals surface area contributed by atoms with Crippen LogP contribution in [0.25, 0.3) is 0 Å². The van der Waals surface area contributed by atoms with Crippen molar-refractivity contribution < 1.29 is 13.6 Å². The fraction of sp³-hybridized carbons (Fsp3) is 0.562. The van der Waals surface area contributed by atoms with Crippen molar-refractivity contribution in [1.82, 2.24) is 5.32 Å². The van der Waals surface area contributed by atoms with Gasteiger partial charge in [-0.25, -0.2) is 8.78 Å². The Balaban J connectivity index is 0.00000176. The zero-order chi connectivity index (χ0) is 15.0. The molecule has 2 aliphatic carbocycles. The molecule has 0 saturated heterocycles. The Morgan fingerprint density at radius 3 is 2.55 bits per heavy atom. The van der Waals surface area contributed by atoms with E-state index in [-0.39, 0.29) is 42.2 Å². The van der Waals surface area contributed by atoms with Crippen LogP contribution in [-0.4, -0.2) is 18.0 Å². The van der Waals surface area contributed by atoms with E-state index >= 15 is 0 Å². The molecule has 22 heavy (non-hydrogen) atoms. The van der Waals surface area contributed by atoms with Gasteiger partial charge < -0.3 is 11.1 Å². The minimum atomic E-state index is -0.460. The summed E-state index contributed by atoms with van der Waals surface area (Å²) in [5, 5.41) is 3.02. The third-order valence-corrected chi connectivity index (χ3v) is 4.60. The summed E-state index contributed by atoms with van der Waals surface area (Å²) in [6.45, 7) is 0. The number of benzene rings is 1. The number of carbonyl (C=O) groups excluding carboxylic acids is 1. The van der Waals surface area contributed by atoms with E-state index in [0.29, 0.717) is 12.0 Å². The molecule has 0 radical (unpaired) electrons. The predicted octanol–water partition coefficient (Wildman–Crippen LogP) is 2.88. The molecule has 3 nitrogen and oxygen atoms in total. The molecule has 6 heteroatoms. The monoisotopic (exact) mass is 330 g/mol. The maximum absolute atomic E-state index is 13.7. The first-order valence-corrected chi connectivity index (χ1v) is 7.55. The third-order valence-electron chi connectivity index (χ3n) is 4.60. The highest BCUT2D eigenvalue weighted by Gasteiger charge is 2.45. The predicted molar refractivity (Wildman–Crippen MR) is 82.8 cm³/mol. The van der Waals surface area contributed by atoms with Gasteiger partial charge in [-0.3, -0.25) is 4.79 Å². The summed E-state index contributed by atoms with van der Waals surface area (Å²) in [5.74, 6) is -1.34. The molecule has 0 aromatic heterocycles. The number of amides is 1. The molecule has 2 aliphatic rings. The van der Waals surface area contributed by atoms with E-state index in [2.05, 4.69) is 5.32 Å². The van der Waals surface area contributed by atoms with Gasteiger partial charge >= 0.3 is 0 Å². The van der Waals surface area contributed by atoms with Crippen LogP contribution in [0.15, 0.2) is 18.2 Å². The van der Waals surface area contributed by atoms with Crippen molar-refractivity contribution >= 4 is 18.3 Å². The largest absolute Gasteiger partial charge is 0.353 e. The van der Waals surface area contributed by atoms with Crippen LogP contribution in [0, 0.1) is 17.6 Å². The Kier molecular flexibility index (Phi) is 5.40. The summed E-state index contributed by atoms with van der Waals surface area (Å²) in [6, 6.07) is 3.85. The molecule has 2 fully saturated rings. The van der Waals surface area contributed by atoms with Gasteiger partial charge in [-0.2, -0.15) is 0 Å². The van der Waals surface area contributed by atoms with Crippen molar-refractivity contribution in [3.05, 3.63) is 35.4 Å². The minimum Gasteiger partial charge on any atom is -0.353 e. The van der Waals surface area contributed by atoms with Crippen molar-refractivity contribution in [2.24, 2.45) is 11.7 Å². The van der Waals surface area contributed by atoms with Crippen molar-refractivity contribution in [2.75, 3.05) is 0 Å². The van der Waals surface area contributed by atoms with Crippen LogP contribution in [0.2, 0.25) is 0 Å². The average Bonchev–Trinajstić information content (AvgIpc) is 3.24. The van der Waals surface area contributed by atoms with Gasteiger partial charge in [0.05, 0.1) is 0 Å². The van der Waals surface area contributed by atoms with Gasteiger partial charge in [0.25, 0.3) is 0 Å². The van der Waals surface area contributed by atoms with Crippen LogP contribution in [0.4, 0.5) is 8.78 Å². The zero-order valence-electron chi connectivity index (χ0n) is 12.2. The number of nitrogens with two attached hydrogens (primary N) is 1. The van der Waals surface area contributed by atoms with Crippen LogP contribution < -0.4 is 11.1 Å². The molecule has 3 rings (SSSR count). The van der Waals surface area contributed by atoms with Crippen LogP contribution in [0.1, 0.15) is 43.6 Å². The summed E-state index contributed by atoms with van der Waals surface area (Å²) in [7, 11) is 0. The van der Waals surface area contributed by atoms with Gasteiger partial charge in [0.1, 0.15) is 11.6 Å².